The number of benzene rings is 10. The van der Waals surface area contributed by atoms with Crippen molar-refractivity contribution in [2.24, 2.45) is 0 Å². The van der Waals surface area contributed by atoms with E-state index in [4.69, 9.17) is 0 Å². The minimum atomic E-state index is -0.0572. The predicted molar refractivity (Wildman–Crippen MR) is 263 cm³/mol. The maximum atomic E-state index is 2.42. The van der Waals surface area contributed by atoms with E-state index in [0.29, 0.717) is 0 Å². The van der Waals surface area contributed by atoms with E-state index in [1.807, 2.05) is 0 Å². The van der Waals surface area contributed by atoms with Crippen LogP contribution in [0.2, 0.25) is 0 Å². The van der Waals surface area contributed by atoms with Crippen LogP contribution in [0.5, 0.6) is 0 Å². The second-order valence-corrected chi connectivity index (χ2v) is 17.0. The standard InChI is InChI=1S/C61H45N/c1-61(2)59-29-12-11-27-57(59)58-35-32-48(41-60(58)61)44-30-33-52(34-31-44)62(54-39-50(42-16-5-3-6-17-42)37-51(40-54)43-18-7-4-8-19-43)53-25-14-23-47(38-53)46-22-13-24-49(36-46)56-28-15-21-45-20-9-10-26-55(45)56/h3-41H,1-2H3. The molecule has 1 aliphatic rings. The van der Waals surface area contributed by atoms with Crippen LogP contribution in [0.1, 0.15) is 25.0 Å². The Labute approximate surface area is 364 Å². The van der Waals surface area contributed by atoms with Crippen molar-refractivity contribution in [3.8, 4) is 66.8 Å². The van der Waals surface area contributed by atoms with Gasteiger partial charge in [-0.25, -0.2) is 0 Å². The van der Waals surface area contributed by atoms with Crippen molar-refractivity contribution in [3.05, 3.63) is 248 Å². The van der Waals surface area contributed by atoms with Crippen LogP contribution in [0.25, 0.3) is 77.5 Å². The van der Waals surface area contributed by atoms with Crippen molar-refractivity contribution >= 4 is 27.8 Å². The molecule has 0 heterocycles. The molecule has 0 saturated carbocycles. The Morgan fingerprint density at radius 2 is 0.758 bits per heavy atom. The molecule has 0 unspecified atom stereocenters. The normalized spacial score (nSPS) is 12.5. The molecule has 0 saturated heterocycles. The fourth-order valence-corrected chi connectivity index (χ4v) is 9.64. The summed E-state index contributed by atoms with van der Waals surface area (Å²) in [6.07, 6.45) is 0. The van der Waals surface area contributed by atoms with Crippen LogP contribution in [0, 0.1) is 0 Å². The van der Waals surface area contributed by atoms with Gasteiger partial charge in [0.15, 0.2) is 0 Å². The van der Waals surface area contributed by atoms with E-state index in [1.165, 1.54) is 83.1 Å². The molecule has 0 aromatic heterocycles. The second kappa shape index (κ2) is 15.4. The van der Waals surface area contributed by atoms with Crippen LogP contribution in [0.4, 0.5) is 17.1 Å². The van der Waals surface area contributed by atoms with Gasteiger partial charge in [-0.2, -0.15) is 0 Å². The summed E-state index contributed by atoms with van der Waals surface area (Å²) in [5.74, 6) is 0. The molecule has 0 atom stereocenters. The lowest BCUT2D eigenvalue weighted by Crippen LogP contribution is -2.14. The molecule has 0 radical (unpaired) electrons. The van der Waals surface area contributed by atoms with E-state index < -0.39 is 0 Å². The zero-order valence-corrected chi connectivity index (χ0v) is 35.0. The molecule has 0 fully saturated rings. The molecule has 0 amide bonds. The first-order chi connectivity index (χ1) is 30.5. The van der Waals surface area contributed by atoms with E-state index in [0.717, 1.165) is 22.6 Å². The van der Waals surface area contributed by atoms with Gasteiger partial charge in [0.25, 0.3) is 0 Å². The van der Waals surface area contributed by atoms with Gasteiger partial charge in [0.2, 0.25) is 0 Å². The zero-order chi connectivity index (χ0) is 41.6. The molecule has 0 aliphatic heterocycles. The van der Waals surface area contributed by atoms with Crippen LogP contribution in [-0.4, -0.2) is 0 Å². The third kappa shape index (κ3) is 6.69. The first kappa shape index (κ1) is 37.3. The summed E-state index contributed by atoms with van der Waals surface area (Å²) >= 11 is 0. The van der Waals surface area contributed by atoms with Crippen LogP contribution >= 0.6 is 0 Å². The van der Waals surface area contributed by atoms with Gasteiger partial charge in [0.05, 0.1) is 0 Å². The summed E-state index contributed by atoms with van der Waals surface area (Å²) in [5, 5.41) is 2.51. The Hall–Kier alpha value is -7.74. The minimum Gasteiger partial charge on any atom is -0.310 e. The molecule has 1 heteroatoms. The Morgan fingerprint density at radius 1 is 0.274 bits per heavy atom. The summed E-state index contributed by atoms with van der Waals surface area (Å²) in [5.41, 5.74) is 20.6. The number of hydrogen-bond acceptors (Lipinski definition) is 1. The molecule has 0 N–H and O–H groups in total. The summed E-state index contributed by atoms with van der Waals surface area (Å²) in [7, 11) is 0. The third-order valence-corrected chi connectivity index (χ3v) is 12.8. The molecule has 0 spiro atoms. The Morgan fingerprint density at radius 3 is 1.52 bits per heavy atom. The summed E-state index contributed by atoms with van der Waals surface area (Å²) < 4.78 is 0. The lowest BCUT2D eigenvalue weighted by Gasteiger charge is -2.28. The van der Waals surface area contributed by atoms with Gasteiger partial charge in [-0.1, -0.05) is 196 Å². The highest BCUT2D eigenvalue weighted by Gasteiger charge is 2.35. The number of rotatable bonds is 8. The summed E-state index contributed by atoms with van der Waals surface area (Å²) in [4.78, 5) is 2.42. The Balaban J connectivity index is 1.04. The Bertz CT molecular complexity index is 3190. The fourth-order valence-electron chi connectivity index (χ4n) is 9.64. The van der Waals surface area contributed by atoms with E-state index in [2.05, 4.69) is 255 Å². The SMILES string of the molecule is CC1(C)c2ccccc2-c2ccc(-c3ccc(N(c4cccc(-c5cccc(-c6cccc7ccccc67)c5)c4)c4cc(-c5ccccc5)cc(-c5ccccc5)c4)cc3)cc21. The number of anilines is 3. The van der Waals surface area contributed by atoms with E-state index in [-0.39, 0.29) is 5.41 Å². The number of hydrogen-bond donors (Lipinski definition) is 0. The summed E-state index contributed by atoms with van der Waals surface area (Å²) in [6.45, 7) is 4.70. The zero-order valence-electron chi connectivity index (χ0n) is 35.0. The molecule has 62 heavy (non-hydrogen) atoms. The average molecular weight is 792 g/mol. The average Bonchev–Trinajstić information content (AvgIpc) is 3.57. The molecule has 10 aromatic carbocycles. The first-order valence-corrected chi connectivity index (χ1v) is 21.6. The highest BCUT2D eigenvalue weighted by molar-refractivity contribution is 5.97. The van der Waals surface area contributed by atoms with Gasteiger partial charge < -0.3 is 4.90 Å². The highest BCUT2D eigenvalue weighted by Crippen LogP contribution is 2.50. The molecule has 10 aromatic rings. The van der Waals surface area contributed by atoms with Gasteiger partial charge in [-0.15, -0.1) is 0 Å². The van der Waals surface area contributed by atoms with E-state index in [1.54, 1.807) is 0 Å². The fraction of sp³-hybridized carbons (Fsp3) is 0.0492. The van der Waals surface area contributed by atoms with Crippen LogP contribution in [0.3, 0.4) is 0 Å². The molecule has 0 bridgehead atoms. The monoisotopic (exact) mass is 791 g/mol. The molecular weight excluding hydrogens is 747 g/mol. The largest absolute Gasteiger partial charge is 0.310 e. The highest BCUT2D eigenvalue weighted by atomic mass is 15.1. The maximum absolute atomic E-state index is 2.42. The van der Waals surface area contributed by atoms with Crippen molar-refractivity contribution in [2.45, 2.75) is 19.3 Å². The minimum absolute atomic E-state index is 0.0572. The van der Waals surface area contributed by atoms with Gasteiger partial charge in [0, 0.05) is 22.5 Å². The third-order valence-electron chi connectivity index (χ3n) is 12.8. The summed E-state index contributed by atoms with van der Waals surface area (Å²) in [6, 6.07) is 86.7. The number of nitrogens with zero attached hydrogens (tertiary/aromatic N) is 1. The second-order valence-electron chi connectivity index (χ2n) is 17.0. The van der Waals surface area contributed by atoms with Gasteiger partial charge >= 0.3 is 0 Å². The molecule has 1 nitrogen and oxygen atoms in total. The van der Waals surface area contributed by atoms with Crippen LogP contribution in [-0.2, 0) is 5.41 Å². The van der Waals surface area contributed by atoms with E-state index in [9.17, 15) is 0 Å². The first-order valence-electron chi connectivity index (χ1n) is 21.6. The van der Waals surface area contributed by atoms with Crippen LogP contribution < -0.4 is 4.90 Å². The maximum Gasteiger partial charge on any atom is 0.0473 e. The smallest absolute Gasteiger partial charge is 0.0473 e. The number of fused-ring (bicyclic) bond motifs is 4. The lowest BCUT2D eigenvalue weighted by atomic mass is 9.81. The van der Waals surface area contributed by atoms with Gasteiger partial charge in [0.1, 0.15) is 0 Å². The molecule has 11 rings (SSSR count). The topological polar surface area (TPSA) is 3.24 Å². The van der Waals surface area contributed by atoms with Crippen molar-refractivity contribution in [3.63, 3.8) is 0 Å². The molecule has 1 aliphatic carbocycles. The van der Waals surface area contributed by atoms with Gasteiger partial charge in [-0.3, -0.25) is 0 Å². The van der Waals surface area contributed by atoms with Crippen LogP contribution in [0.15, 0.2) is 237 Å². The van der Waals surface area contributed by atoms with Crippen molar-refractivity contribution in [1.82, 2.24) is 0 Å². The quantitative estimate of drug-likeness (QED) is 0.148. The molecular formula is C61H45N. The van der Waals surface area contributed by atoms with Gasteiger partial charge in [-0.05, 0) is 143 Å². The van der Waals surface area contributed by atoms with Crippen molar-refractivity contribution in [1.29, 1.82) is 0 Å². The molecule has 294 valence electrons. The van der Waals surface area contributed by atoms with Crippen molar-refractivity contribution < 1.29 is 0 Å². The van der Waals surface area contributed by atoms with Crippen molar-refractivity contribution in [2.75, 3.05) is 4.90 Å². The lowest BCUT2D eigenvalue weighted by molar-refractivity contribution is 0.660. The Kier molecular flexibility index (Phi) is 9.24. The predicted octanol–water partition coefficient (Wildman–Crippen LogP) is 17.0. The van der Waals surface area contributed by atoms with E-state index >= 15 is 0 Å².